The zero-order chi connectivity index (χ0) is 34.1. The maximum Gasteiger partial charge on any atom is 0.374 e. The number of oxazole rings is 1. The van der Waals surface area contributed by atoms with E-state index in [9.17, 15) is 25.9 Å². The van der Waals surface area contributed by atoms with Gasteiger partial charge in [-0.25, -0.2) is 0 Å². The minimum absolute atomic E-state index is 0.157. The van der Waals surface area contributed by atoms with Gasteiger partial charge in [0.1, 0.15) is 0 Å². The lowest BCUT2D eigenvalue weighted by Crippen LogP contribution is -2.36. The molecule has 0 amide bonds. The molecule has 5 aromatic rings. The van der Waals surface area contributed by atoms with E-state index in [4.69, 9.17) is 9.15 Å². The number of aryl methyl sites for hydroxylation is 1. The molecule has 2 heterocycles. The zero-order valence-corrected chi connectivity index (χ0v) is 28.2. The summed E-state index contributed by atoms with van der Waals surface area (Å²) in [5.74, 6) is 1.22. The van der Waals surface area contributed by atoms with Crippen LogP contribution in [-0.4, -0.2) is 43.5 Å². The fourth-order valence-corrected chi connectivity index (χ4v) is 6.78. The summed E-state index contributed by atoms with van der Waals surface area (Å²) in [6.45, 7) is 4.01. The van der Waals surface area contributed by atoms with E-state index in [0.717, 1.165) is 38.7 Å². The van der Waals surface area contributed by atoms with Gasteiger partial charge >= 0.3 is 5.89 Å². The fourth-order valence-electron chi connectivity index (χ4n) is 5.88. The van der Waals surface area contributed by atoms with E-state index in [1.54, 1.807) is 0 Å². The lowest BCUT2D eigenvalue weighted by atomic mass is 10.0. The molecule has 0 spiro atoms. The van der Waals surface area contributed by atoms with E-state index in [1.165, 1.54) is 6.92 Å². The molecule has 0 saturated carbocycles. The highest BCUT2D eigenvalue weighted by Crippen LogP contribution is 2.42. The van der Waals surface area contributed by atoms with Gasteiger partial charge < -0.3 is 14.1 Å². The minimum atomic E-state index is -4.23. The summed E-state index contributed by atoms with van der Waals surface area (Å²) in [6.07, 6.45) is 4.68. The van der Waals surface area contributed by atoms with Crippen LogP contribution in [-0.2, 0) is 26.8 Å². The highest BCUT2D eigenvalue weighted by molar-refractivity contribution is 7.86. The summed E-state index contributed by atoms with van der Waals surface area (Å²) in [7, 11) is -8.37. The van der Waals surface area contributed by atoms with E-state index < -0.39 is 25.5 Å². The van der Waals surface area contributed by atoms with Crippen LogP contribution in [0.4, 0.5) is 5.69 Å². The number of nitrogens with zero attached hydrogens (tertiary/aromatic N) is 2. The normalized spacial score (nSPS) is 15.3. The molecular weight excluding hydrogens is 653 g/mol. The smallest absolute Gasteiger partial charge is 0.374 e. The minimum Gasteiger partial charge on any atom is -0.439 e. The van der Waals surface area contributed by atoms with Gasteiger partial charge in [0, 0.05) is 19.0 Å². The van der Waals surface area contributed by atoms with Crippen molar-refractivity contribution < 1.29 is 39.7 Å². The predicted octanol–water partition coefficient (Wildman–Crippen LogP) is 7.02. The summed E-state index contributed by atoms with van der Waals surface area (Å²) < 4.78 is 80.5. The van der Waals surface area contributed by atoms with Gasteiger partial charge in [-0.15, -0.1) is 0 Å². The van der Waals surface area contributed by atoms with Crippen molar-refractivity contribution in [2.45, 2.75) is 44.9 Å². The molecule has 10 nitrogen and oxygen atoms in total. The molecule has 0 saturated heterocycles. The molecule has 0 aliphatic carbocycles. The summed E-state index contributed by atoms with van der Waals surface area (Å²) in [4.78, 5) is 1.92. The monoisotopic (exact) mass is 689 g/mol. The first-order valence-electron chi connectivity index (χ1n) is 15.7. The second kappa shape index (κ2) is 13.6. The molecule has 1 aromatic heterocycles. The Morgan fingerprint density at radius 1 is 0.938 bits per heavy atom. The van der Waals surface area contributed by atoms with Gasteiger partial charge in [0.25, 0.3) is 25.8 Å². The molecule has 1 aliphatic rings. The van der Waals surface area contributed by atoms with Crippen LogP contribution in [0.1, 0.15) is 39.0 Å². The Balaban J connectivity index is 1.42. The maximum atomic E-state index is 11.9. The van der Waals surface area contributed by atoms with E-state index in [2.05, 4.69) is 0 Å². The topological polar surface area (TPSA) is 138 Å². The van der Waals surface area contributed by atoms with Crippen molar-refractivity contribution in [2.75, 3.05) is 17.2 Å². The van der Waals surface area contributed by atoms with E-state index in [1.807, 2.05) is 113 Å². The molecule has 48 heavy (non-hydrogen) atoms. The Labute approximate surface area is 280 Å². The molecule has 0 bridgehead atoms. The van der Waals surface area contributed by atoms with Crippen molar-refractivity contribution in [3.8, 4) is 16.9 Å². The van der Waals surface area contributed by atoms with Crippen LogP contribution in [0.25, 0.3) is 39.1 Å². The van der Waals surface area contributed by atoms with Gasteiger partial charge in [0.05, 0.1) is 28.2 Å². The summed E-state index contributed by atoms with van der Waals surface area (Å²) in [5.41, 5.74) is 5.05. The molecule has 1 unspecified atom stereocenters. The SMILES string of the molecule is CCC(=Cc1oc2ccc3ccccc3c2[n+]1CCCS(=O)(=O)O)C=C1Oc2ccc(-c3ccccc3)cc2N1CCC(C)S(=O)(=O)O. The third-order valence-electron chi connectivity index (χ3n) is 8.53. The van der Waals surface area contributed by atoms with Crippen LogP contribution in [0, 0.1) is 0 Å². The fraction of sp³-hybridized carbons (Fsp3) is 0.250. The number of hydrogen-bond donors (Lipinski definition) is 2. The molecule has 6 rings (SSSR count). The average molecular weight is 690 g/mol. The van der Waals surface area contributed by atoms with Crippen LogP contribution < -0.4 is 14.2 Å². The van der Waals surface area contributed by atoms with Crippen LogP contribution in [0.15, 0.2) is 107 Å². The van der Waals surface area contributed by atoms with Crippen molar-refractivity contribution in [3.63, 3.8) is 0 Å². The first-order chi connectivity index (χ1) is 22.9. The van der Waals surface area contributed by atoms with Crippen LogP contribution in [0.2, 0.25) is 0 Å². The van der Waals surface area contributed by atoms with Gasteiger partial charge in [0.15, 0.2) is 12.3 Å². The van der Waals surface area contributed by atoms with E-state index in [0.29, 0.717) is 29.5 Å². The lowest BCUT2D eigenvalue weighted by Gasteiger charge is -2.20. The van der Waals surface area contributed by atoms with Crippen LogP contribution >= 0.6 is 0 Å². The molecule has 0 radical (unpaired) electrons. The average Bonchev–Trinajstić information content (AvgIpc) is 3.59. The Morgan fingerprint density at radius 2 is 1.69 bits per heavy atom. The summed E-state index contributed by atoms with van der Waals surface area (Å²) in [5, 5.41) is 0.974. The van der Waals surface area contributed by atoms with Crippen molar-refractivity contribution in [2.24, 2.45) is 0 Å². The van der Waals surface area contributed by atoms with Gasteiger partial charge in [-0.2, -0.15) is 21.4 Å². The Bertz CT molecular complexity index is 2260. The number of anilines is 1. The van der Waals surface area contributed by atoms with Crippen LogP contribution in [0.5, 0.6) is 5.75 Å². The zero-order valence-electron chi connectivity index (χ0n) is 26.6. The second-order valence-electron chi connectivity index (χ2n) is 11.8. The van der Waals surface area contributed by atoms with Crippen molar-refractivity contribution in [1.29, 1.82) is 0 Å². The van der Waals surface area contributed by atoms with Crippen molar-refractivity contribution in [1.82, 2.24) is 0 Å². The molecule has 12 heteroatoms. The third-order valence-corrected chi connectivity index (χ3v) is 10.6. The summed E-state index contributed by atoms with van der Waals surface area (Å²) >= 11 is 0. The standard InChI is InChI=1S/C36H36N2O8S2/c1-3-26(23-35-38(19-9-21-47(39,40)41)36-30-13-8-7-12-28(30)14-17-33(36)46-35)22-34-37(20-18-25(2)48(42,43)44)31-24-29(15-16-32(31)45-34)27-10-5-4-6-11-27/h4-8,10-17,22-25H,3,9,18-21H2,1-2H3,(H-,39,40,41,42,43,44)/p+1. The molecule has 1 aliphatic heterocycles. The number of hydrogen-bond acceptors (Lipinski definition) is 7. The first kappa shape index (κ1) is 33.4. The maximum absolute atomic E-state index is 11.9. The predicted molar refractivity (Wildman–Crippen MR) is 187 cm³/mol. The Hall–Kier alpha value is -4.49. The number of ether oxygens (including phenoxy) is 1. The first-order valence-corrected chi connectivity index (χ1v) is 18.8. The molecule has 1 atom stereocenters. The van der Waals surface area contributed by atoms with Gasteiger partial charge in [0.2, 0.25) is 11.5 Å². The largest absolute Gasteiger partial charge is 0.439 e. The van der Waals surface area contributed by atoms with Crippen molar-refractivity contribution in [3.05, 3.63) is 108 Å². The van der Waals surface area contributed by atoms with Crippen molar-refractivity contribution >= 4 is 53.9 Å². The molecule has 4 aromatic carbocycles. The second-order valence-corrected chi connectivity index (χ2v) is 15.2. The van der Waals surface area contributed by atoms with Crippen LogP contribution in [0.3, 0.4) is 0 Å². The number of allylic oxidation sites excluding steroid dienone is 2. The number of benzene rings is 4. The van der Waals surface area contributed by atoms with Gasteiger partial charge in [-0.1, -0.05) is 67.6 Å². The molecule has 0 fully saturated rings. The van der Waals surface area contributed by atoms with E-state index in [-0.39, 0.29) is 31.7 Å². The summed E-state index contributed by atoms with van der Waals surface area (Å²) in [6, 6.07) is 27.5. The Morgan fingerprint density at radius 3 is 2.42 bits per heavy atom. The molecule has 250 valence electrons. The lowest BCUT2D eigenvalue weighted by molar-refractivity contribution is -0.677. The Kier molecular flexibility index (Phi) is 9.44. The number of rotatable bonds is 12. The molecule has 2 N–H and O–H groups in total. The van der Waals surface area contributed by atoms with Gasteiger partial charge in [-0.05, 0) is 66.1 Å². The van der Waals surface area contributed by atoms with Gasteiger partial charge in [-0.3, -0.25) is 9.11 Å². The highest BCUT2D eigenvalue weighted by atomic mass is 32.2. The third kappa shape index (κ3) is 7.31. The number of fused-ring (bicyclic) bond motifs is 4. The highest BCUT2D eigenvalue weighted by Gasteiger charge is 2.30. The number of aromatic nitrogens is 1. The molecular formula is C36H37N2O8S2+. The van der Waals surface area contributed by atoms with E-state index >= 15 is 0 Å². The quantitative estimate of drug-likeness (QED) is 0.105.